The molecule has 6 heteroatoms. The average Bonchev–Trinajstić information content (AvgIpc) is 2.61. The van der Waals surface area contributed by atoms with Crippen molar-refractivity contribution in [3.05, 3.63) is 76.3 Å². The van der Waals surface area contributed by atoms with Crippen LogP contribution in [0.15, 0.2) is 65.7 Å². The van der Waals surface area contributed by atoms with Gasteiger partial charge in [-0.05, 0) is 48.5 Å². The van der Waals surface area contributed by atoms with E-state index in [9.17, 15) is 4.79 Å². The lowest BCUT2D eigenvalue weighted by atomic mass is 10.1. The maximum Gasteiger partial charge on any atom is 0.173 e. The molecule has 0 amide bonds. The number of halogens is 2. The molecular weight excluding hydrogens is 363 g/mol. The van der Waals surface area contributed by atoms with Crippen molar-refractivity contribution in [1.29, 1.82) is 0 Å². The van der Waals surface area contributed by atoms with Gasteiger partial charge in [0, 0.05) is 21.2 Å². The Morgan fingerprint density at radius 3 is 2.04 bits per heavy atom. The molecule has 0 fully saturated rings. The van der Waals surface area contributed by atoms with E-state index in [0.29, 0.717) is 26.4 Å². The molecule has 0 bridgehead atoms. The molecule has 0 atom stereocenters. The Labute approximate surface area is 154 Å². The summed E-state index contributed by atoms with van der Waals surface area (Å²) in [4.78, 5) is 12.1. The van der Waals surface area contributed by atoms with Gasteiger partial charge in [-0.3, -0.25) is 4.79 Å². The normalized spacial score (nSPS) is 10.6. The zero-order chi connectivity index (χ0) is 16.9. The van der Waals surface area contributed by atoms with E-state index in [2.05, 4.69) is 10.2 Å². The van der Waals surface area contributed by atoms with Gasteiger partial charge in [-0.25, -0.2) is 0 Å². The molecule has 1 heterocycles. The second-order valence-electron chi connectivity index (χ2n) is 4.98. The summed E-state index contributed by atoms with van der Waals surface area (Å²) in [5.74, 6) is 0.330. The predicted molar refractivity (Wildman–Crippen MR) is 99.0 cm³/mol. The second kappa shape index (κ2) is 7.79. The van der Waals surface area contributed by atoms with Crippen LogP contribution in [0, 0.1) is 0 Å². The number of thioether (sulfide) groups is 1. The van der Waals surface area contributed by atoms with Crippen LogP contribution in [0.25, 0.3) is 11.3 Å². The predicted octanol–water partition coefficient (Wildman–Crippen LogP) is 5.43. The van der Waals surface area contributed by atoms with Gasteiger partial charge < -0.3 is 0 Å². The van der Waals surface area contributed by atoms with Crippen LogP contribution in [0.2, 0.25) is 10.0 Å². The summed E-state index contributed by atoms with van der Waals surface area (Å²) in [5.41, 5.74) is 2.35. The van der Waals surface area contributed by atoms with Crippen LogP contribution in [0.3, 0.4) is 0 Å². The maximum atomic E-state index is 12.1. The molecule has 3 aromatic rings. The lowest BCUT2D eigenvalue weighted by molar-refractivity contribution is 0.102. The van der Waals surface area contributed by atoms with Crippen LogP contribution < -0.4 is 0 Å². The van der Waals surface area contributed by atoms with Crippen LogP contribution in [0.5, 0.6) is 0 Å². The van der Waals surface area contributed by atoms with Crippen molar-refractivity contribution in [3.8, 4) is 11.3 Å². The Morgan fingerprint density at radius 2 is 1.46 bits per heavy atom. The highest BCUT2D eigenvalue weighted by Gasteiger charge is 2.08. The highest BCUT2D eigenvalue weighted by atomic mass is 35.5. The fourth-order valence-corrected chi connectivity index (χ4v) is 2.99. The van der Waals surface area contributed by atoms with Gasteiger partial charge >= 0.3 is 0 Å². The van der Waals surface area contributed by atoms with Crippen LogP contribution in [-0.4, -0.2) is 21.7 Å². The van der Waals surface area contributed by atoms with Crippen LogP contribution >= 0.6 is 35.0 Å². The van der Waals surface area contributed by atoms with Crippen molar-refractivity contribution in [1.82, 2.24) is 10.2 Å². The number of benzene rings is 2. The lowest BCUT2D eigenvalue weighted by Crippen LogP contribution is -2.02. The second-order valence-corrected chi connectivity index (χ2v) is 6.85. The summed E-state index contributed by atoms with van der Waals surface area (Å²) in [6.07, 6.45) is 0. The molecule has 0 radical (unpaired) electrons. The molecule has 0 N–H and O–H groups in total. The fraction of sp³-hybridized carbons (Fsp3) is 0.0556. The van der Waals surface area contributed by atoms with E-state index in [1.54, 1.807) is 24.3 Å². The summed E-state index contributed by atoms with van der Waals surface area (Å²) in [7, 11) is 0. The van der Waals surface area contributed by atoms with Crippen LogP contribution in [0.4, 0.5) is 0 Å². The number of carbonyl (C=O) groups excluding carboxylic acids is 1. The van der Waals surface area contributed by atoms with Gasteiger partial charge in [-0.1, -0.05) is 47.1 Å². The SMILES string of the molecule is O=C(CSc1ccc(-c2ccc(Cl)cc2)nn1)c1ccc(Cl)cc1. The van der Waals surface area contributed by atoms with E-state index in [1.807, 2.05) is 36.4 Å². The zero-order valence-electron chi connectivity index (χ0n) is 12.4. The maximum absolute atomic E-state index is 12.1. The van der Waals surface area contributed by atoms with Crippen LogP contribution in [0.1, 0.15) is 10.4 Å². The first-order valence-electron chi connectivity index (χ1n) is 7.13. The van der Waals surface area contributed by atoms with Gasteiger partial charge in [0.05, 0.1) is 11.4 Å². The Kier molecular flexibility index (Phi) is 5.51. The van der Waals surface area contributed by atoms with Gasteiger partial charge in [0.25, 0.3) is 0 Å². The molecule has 0 unspecified atom stereocenters. The third-order valence-electron chi connectivity index (χ3n) is 3.30. The number of hydrogen-bond acceptors (Lipinski definition) is 4. The van der Waals surface area contributed by atoms with Gasteiger partial charge in [-0.15, -0.1) is 10.2 Å². The van der Waals surface area contributed by atoms with E-state index in [0.717, 1.165) is 11.3 Å². The van der Waals surface area contributed by atoms with Crippen molar-refractivity contribution in [2.75, 3.05) is 5.75 Å². The van der Waals surface area contributed by atoms with E-state index in [1.165, 1.54) is 11.8 Å². The molecule has 120 valence electrons. The largest absolute Gasteiger partial charge is 0.293 e. The quantitative estimate of drug-likeness (QED) is 0.441. The van der Waals surface area contributed by atoms with Gasteiger partial charge in [0.1, 0.15) is 5.03 Å². The number of carbonyl (C=O) groups is 1. The van der Waals surface area contributed by atoms with E-state index < -0.39 is 0 Å². The van der Waals surface area contributed by atoms with Crippen LogP contribution in [-0.2, 0) is 0 Å². The highest BCUT2D eigenvalue weighted by Crippen LogP contribution is 2.22. The molecule has 0 saturated heterocycles. The minimum atomic E-state index is 0.0280. The number of ketones is 1. The number of rotatable bonds is 5. The Bertz CT molecular complexity index is 834. The van der Waals surface area contributed by atoms with E-state index in [-0.39, 0.29) is 5.78 Å². The van der Waals surface area contributed by atoms with Gasteiger partial charge in [-0.2, -0.15) is 0 Å². The number of Topliss-reactive ketones (excluding diaryl/α,β-unsaturated/α-hetero) is 1. The van der Waals surface area contributed by atoms with Crippen molar-refractivity contribution in [3.63, 3.8) is 0 Å². The molecule has 0 aliphatic rings. The summed E-state index contributed by atoms with van der Waals surface area (Å²) in [6, 6.07) is 18.0. The van der Waals surface area contributed by atoms with Crippen molar-refractivity contribution < 1.29 is 4.79 Å². The van der Waals surface area contributed by atoms with Crippen molar-refractivity contribution in [2.45, 2.75) is 5.03 Å². The summed E-state index contributed by atoms with van der Waals surface area (Å²) >= 11 is 13.1. The molecule has 0 aliphatic heterocycles. The fourth-order valence-electron chi connectivity index (χ4n) is 2.03. The van der Waals surface area contributed by atoms with E-state index in [4.69, 9.17) is 23.2 Å². The van der Waals surface area contributed by atoms with E-state index >= 15 is 0 Å². The third kappa shape index (κ3) is 4.35. The first-order chi connectivity index (χ1) is 11.6. The monoisotopic (exact) mass is 374 g/mol. The van der Waals surface area contributed by atoms with Gasteiger partial charge in [0.2, 0.25) is 0 Å². The molecule has 0 saturated carbocycles. The Balaban J connectivity index is 1.63. The first kappa shape index (κ1) is 17.0. The molecule has 2 aromatic carbocycles. The lowest BCUT2D eigenvalue weighted by Gasteiger charge is -2.03. The topological polar surface area (TPSA) is 42.9 Å². The molecular formula is C18H12Cl2N2OS. The summed E-state index contributed by atoms with van der Waals surface area (Å²) < 4.78 is 0. The van der Waals surface area contributed by atoms with Crippen molar-refractivity contribution in [2.24, 2.45) is 0 Å². The summed E-state index contributed by atoms with van der Waals surface area (Å²) in [6.45, 7) is 0. The number of hydrogen-bond donors (Lipinski definition) is 0. The van der Waals surface area contributed by atoms with Crippen molar-refractivity contribution >= 4 is 40.7 Å². The highest BCUT2D eigenvalue weighted by molar-refractivity contribution is 7.99. The number of aromatic nitrogens is 2. The standard InChI is InChI=1S/C18H12Cl2N2OS/c19-14-5-1-12(2-6-14)16-9-10-18(22-21-16)24-11-17(23)13-3-7-15(20)8-4-13/h1-10H,11H2. The minimum Gasteiger partial charge on any atom is -0.293 e. The summed E-state index contributed by atoms with van der Waals surface area (Å²) in [5, 5.41) is 10.4. The van der Waals surface area contributed by atoms with Gasteiger partial charge in [0.15, 0.2) is 5.78 Å². The molecule has 24 heavy (non-hydrogen) atoms. The molecule has 0 spiro atoms. The molecule has 3 nitrogen and oxygen atoms in total. The molecule has 0 aliphatic carbocycles. The first-order valence-corrected chi connectivity index (χ1v) is 8.87. The Morgan fingerprint density at radius 1 is 0.833 bits per heavy atom. The average molecular weight is 375 g/mol. The Hall–Kier alpha value is -1.88. The molecule has 1 aromatic heterocycles. The third-order valence-corrected chi connectivity index (χ3v) is 4.72. The smallest absolute Gasteiger partial charge is 0.173 e. The molecule has 3 rings (SSSR count). The zero-order valence-corrected chi connectivity index (χ0v) is 14.8. The minimum absolute atomic E-state index is 0.0280. The number of nitrogens with zero attached hydrogens (tertiary/aromatic N) is 2.